The second-order valence-corrected chi connectivity index (χ2v) is 5.62. The van der Waals surface area contributed by atoms with Crippen molar-refractivity contribution in [3.63, 3.8) is 0 Å². The van der Waals surface area contributed by atoms with E-state index in [0.717, 1.165) is 29.6 Å². The van der Waals surface area contributed by atoms with Crippen molar-refractivity contribution in [1.82, 2.24) is 5.32 Å². The van der Waals surface area contributed by atoms with Gasteiger partial charge in [0.15, 0.2) is 0 Å². The van der Waals surface area contributed by atoms with Gasteiger partial charge in [-0.05, 0) is 53.9 Å². The number of aryl methyl sites for hydroxylation is 2. The highest BCUT2D eigenvalue weighted by atomic mass is 79.9. The number of hydrogen-bond acceptors (Lipinski definition) is 2. The predicted octanol–water partition coefficient (Wildman–Crippen LogP) is 4.63. The molecule has 1 N–H and O–H groups in total. The van der Waals surface area contributed by atoms with Gasteiger partial charge in [-0.25, -0.2) is 0 Å². The van der Waals surface area contributed by atoms with Crippen LogP contribution < -0.4 is 5.32 Å². The maximum atomic E-state index is 5.58. The smallest absolute Gasteiger partial charge is 0.134 e. The summed E-state index contributed by atoms with van der Waals surface area (Å²) in [5.74, 6) is 0.994. The number of halogens is 1. The zero-order valence-electron chi connectivity index (χ0n) is 11.4. The molecule has 1 atom stereocenters. The third-order valence-electron chi connectivity index (χ3n) is 3.25. The van der Waals surface area contributed by atoms with Gasteiger partial charge in [-0.3, -0.25) is 0 Å². The van der Waals surface area contributed by atoms with Gasteiger partial charge < -0.3 is 9.73 Å². The fourth-order valence-electron chi connectivity index (χ4n) is 2.19. The molecule has 0 saturated carbocycles. The molecule has 0 radical (unpaired) electrons. The highest BCUT2D eigenvalue weighted by molar-refractivity contribution is 9.10. The molecule has 0 saturated heterocycles. The van der Waals surface area contributed by atoms with Gasteiger partial charge in [-0.1, -0.05) is 36.8 Å². The number of rotatable bonds is 6. The van der Waals surface area contributed by atoms with Crippen molar-refractivity contribution in [2.75, 3.05) is 6.54 Å². The van der Waals surface area contributed by atoms with Crippen molar-refractivity contribution < 1.29 is 4.42 Å². The van der Waals surface area contributed by atoms with E-state index in [2.05, 4.69) is 59.4 Å². The second-order valence-electron chi connectivity index (χ2n) is 4.77. The van der Waals surface area contributed by atoms with Gasteiger partial charge in [-0.2, -0.15) is 0 Å². The predicted molar refractivity (Wildman–Crippen MR) is 82.3 cm³/mol. The van der Waals surface area contributed by atoms with E-state index in [1.807, 2.05) is 6.07 Å². The fourth-order valence-corrected chi connectivity index (χ4v) is 2.67. The Balaban J connectivity index is 2.01. The van der Waals surface area contributed by atoms with Crippen molar-refractivity contribution in [3.8, 4) is 0 Å². The summed E-state index contributed by atoms with van der Waals surface area (Å²) in [7, 11) is 0. The number of hydrogen-bond donors (Lipinski definition) is 1. The second kappa shape index (κ2) is 6.92. The molecule has 1 unspecified atom stereocenters. The summed E-state index contributed by atoms with van der Waals surface area (Å²) in [4.78, 5) is 0. The van der Waals surface area contributed by atoms with Crippen LogP contribution in [0.2, 0.25) is 0 Å². The molecule has 0 aliphatic carbocycles. The average Bonchev–Trinajstić information content (AvgIpc) is 2.83. The molecule has 1 heterocycles. The van der Waals surface area contributed by atoms with E-state index in [-0.39, 0.29) is 6.04 Å². The summed E-state index contributed by atoms with van der Waals surface area (Å²) in [5.41, 5.74) is 2.68. The van der Waals surface area contributed by atoms with E-state index >= 15 is 0 Å². The minimum atomic E-state index is 0.260. The number of nitrogens with one attached hydrogen (secondary N) is 1. The molecule has 2 aromatic rings. The van der Waals surface area contributed by atoms with Gasteiger partial charge in [0.2, 0.25) is 0 Å². The van der Waals surface area contributed by atoms with E-state index in [9.17, 15) is 0 Å². The van der Waals surface area contributed by atoms with Gasteiger partial charge in [-0.15, -0.1) is 0 Å². The summed E-state index contributed by atoms with van der Waals surface area (Å²) in [6.45, 7) is 5.17. The summed E-state index contributed by atoms with van der Waals surface area (Å²) in [6, 6.07) is 11.0. The zero-order chi connectivity index (χ0) is 13.7. The maximum absolute atomic E-state index is 5.58. The lowest BCUT2D eigenvalue weighted by molar-refractivity contribution is 0.399. The van der Waals surface area contributed by atoms with Crippen molar-refractivity contribution in [2.45, 2.75) is 32.7 Å². The Morgan fingerprint density at radius 1 is 1.21 bits per heavy atom. The van der Waals surface area contributed by atoms with Crippen molar-refractivity contribution in [3.05, 3.63) is 58.0 Å². The van der Waals surface area contributed by atoms with Crippen LogP contribution in [0.25, 0.3) is 0 Å². The Morgan fingerprint density at radius 2 is 1.95 bits per heavy atom. The lowest BCUT2D eigenvalue weighted by atomic mass is 10.0. The number of furan rings is 1. The van der Waals surface area contributed by atoms with E-state index in [1.54, 1.807) is 6.26 Å². The van der Waals surface area contributed by atoms with E-state index in [0.29, 0.717) is 0 Å². The molecule has 3 heteroatoms. The molecule has 102 valence electrons. The minimum Gasteiger partial charge on any atom is -0.466 e. The van der Waals surface area contributed by atoms with Gasteiger partial charge in [0, 0.05) is 0 Å². The molecular formula is C16H20BrNO. The maximum Gasteiger partial charge on any atom is 0.134 e. The van der Waals surface area contributed by atoms with Crippen molar-refractivity contribution in [1.29, 1.82) is 0 Å². The van der Waals surface area contributed by atoms with Gasteiger partial charge >= 0.3 is 0 Å². The quantitative estimate of drug-likeness (QED) is 0.838. The van der Waals surface area contributed by atoms with Gasteiger partial charge in [0.1, 0.15) is 5.76 Å². The summed E-state index contributed by atoms with van der Waals surface area (Å²) >= 11 is 3.54. The molecule has 1 aromatic carbocycles. The standard InChI is InChI=1S/C16H20BrNO/c1-3-18-15(16-14(17)10-11-19-16)9-8-13-6-4-12(2)5-7-13/h4-7,10-11,15,18H,3,8-9H2,1-2H3. The van der Waals surface area contributed by atoms with Crippen molar-refractivity contribution in [2.24, 2.45) is 0 Å². The highest BCUT2D eigenvalue weighted by Crippen LogP contribution is 2.27. The minimum absolute atomic E-state index is 0.260. The third-order valence-corrected chi connectivity index (χ3v) is 3.91. The fraction of sp³-hybridized carbons (Fsp3) is 0.375. The summed E-state index contributed by atoms with van der Waals surface area (Å²) in [6.07, 6.45) is 3.81. The first-order chi connectivity index (χ1) is 9.20. The molecule has 2 rings (SSSR count). The molecule has 0 fully saturated rings. The van der Waals surface area contributed by atoms with E-state index in [1.165, 1.54) is 11.1 Å². The van der Waals surface area contributed by atoms with E-state index in [4.69, 9.17) is 4.42 Å². The first-order valence-electron chi connectivity index (χ1n) is 6.72. The molecular weight excluding hydrogens is 302 g/mol. The van der Waals surface area contributed by atoms with Gasteiger partial charge in [0.05, 0.1) is 16.8 Å². The van der Waals surface area contributed by atoms with Crippen LogP contribution in [-0.4, -0.2) is 6.54 Å². The van der Waals surface area contributed by atoms with Crippen LogP contribution in [-0.2, 0) is 6.42 Å². The molecule has 0 bridgehead atoms. The Kier molecular flexibility index (Phi) is 5.23. The molecule has 0 spiro atoms. The third kappa shape index (κ3) is 3.95. The average molecular weight is 322 g/mol. The summed E-state index contributed by atoms with van der Waals surface area (Å²) < 4.78 is 6.62. The molecule has 0 aliphatic rings. The molecule has 19 heavy (non-hydrogen) atoms. The Hall–Kier alpha value is -1.06. The van der Waals surface area contributed by atoms with Crippen LogP contribution in [0.5, 0.6) is 0 Å². The molecule has 0 aliphatic heterocycles. The normalized spacial score (nSPS) is 12.6. The SMILES string of the molecule is CCNC(CCc1ccc(C)cc1)c1occc1Br. The number of benzene rings is 1. The Labute approximate surface area is 123 Å². The van der Waals surface area contributed by atoms with Crippen LogP contribution in [0.4, 0.5) is 0 Å². The van der Waals surface area contributed by atoms with Crippen molar-refractivity contribution >= 4 is 15.9 Å². The first kappa shape index (κ1) is 14.4. The monoisotopic (exact) mass is 321 g/mol. The Morgan fingerprint density at radius 3 is 2.53 bits per heavy atom. The Bertz CT molecular complexity index is 504. The van der Waals surface area contributed by atoms with Crippen LogP contribution >= 0.6 is 15.9 Å². The molecule has 1 aromatic heterocycles. The largest absolute Gasteiger partial charge is 0.466 e. The van der Waals surface area contributed by atoms with Crippen LogP contribution in [0, 0.1) is 6.92 Å². The topological polar surface area (TPSA) is 25.2 Å². The van der Waals surface area contributed by atoms with Gasteiger partial charge in [0.25, 0.3) is 0 Å². The zero-order valence-corrected chi connectivity index (χ0v) is 13.0. The van der Waals surface area contributed by atoms with E-state index < -0.39 is 0 Å². The van der Waals surface area contributed by atoms with Crippen LogP contribution in [0.15, 0.2) is 45.5 Å². The molecule has 2 nitrogen and oxygen atoms in total. The van der Waals surface area contributed by atoms with Crippen LogP contribution in [0.3, 0.4) is 0 Å². The summed E-state index contributed by atoms with van der Waals surface area (Å²) in [5, 5.41) is 3.48. The lowest BCUT2D eigenvalue weighted by Crippen LogP contribution is -2.21. The highest BCUT2D eigenvalue weighted by Gasteiger charge is 2.16. The molecule has 0 amide bonds. The van der Waals surface area contributed by atoms with Crippen LogP contribution in [0.1, 0.15) is 36.3 Å². The first-order valence-corrected chi connectivity index (χ1v) is 7.51. The lowest BCUT2D eigenvalue weighted by Gasteiger charge is -2.16.